The fourth-order valence-corrected chi connectivity index (χ4v) is 1.70. The van der Waals surface area contributed by atoms with Gasteiger partial charge in [-0.1, -0.05) is 23.1 Å². The normalized spacial score (nSPS) is 9.76. The molecule has 0 saturated heterocycles. The molecule has 0 fully saturated rings. The number of benzene rings is 1. The Labute approximate surface area is 122 Å². The molecule has 0 aliphatic carbocycles. The second-order valence-electron chi connectivity index (χ2n) is 4.28. The Hall–Kier alpha value is -2.65. The van der Waals surface area contributed by atoms with Gasteiger partial charge in [0.15, 0.2) is 0 Å². The predicted molar refractivity (Wildman–Crippen MR) is 77.4 cm³/mol. The maximum Gasteiger partial charge on any atom is 0.251 e. The molecule has 21 heavy (non-hydrogen) atoms. The van der Waals surface area contributed by atoms with Crippen LogP contribution in [-0.2, 0) is 6.54 Å². The monoisotopic (exact) mass is 284 g/mol. The Morgan fingerprint density at radius 2 is 2.33 bits per heavy atom. The van der Waals surface area contributed by atoms with Gasteiger partial charge in [-0.05, 0) is 18.2 Å². The van der Waals surface area contributed by atoms with Gasteiger partial charge in [0.25, 0.3) is 5.91 Å². The van der Waals surface area contributed by atoms with Crippen molar-refractivity contribution >= 4 is 5.91 Å². The summed E-state index contributed by atoms with van der Waals surface area (Å²) < 4.78 is 1.65. The number of aliphatic hydroxyl groups excluding tert-OH is 1. The highest BCUT2D eigenvalue weighted by Crippen LogP contribution is 2.04. The summed E-state index contributed by atoms with van der Waals surface area (Å²) in [7, 11) is 0. The first-order valence-corrected chi connectivity index (χ1v) is 6.61. The summed E-state index contributed by atoms with van der Waals surface area (Å²) in [4.78, 5) is 12.0. The fraction of sp³-hybridized carbons (Fsp3) is 0.267. The van der Waals surface area contributed by atoms with E-state index in [0.717, 1.165) is 5.56 Å². The van der Waals surface area contributed by atoms with E-state index in [9.17, 15) is 4.79 Å². The molecule has 1 heterocycles. The van der Waals surface area contributed by atoms with Gasteiger partial charge < -0.3 is 10.4 Å². The van der Waals surface area contributed by atoms with Crippen molar-refractivity contribution in [3.8, 4) is 11.8 Å². The number of nitrogens with zero attached hydrogens (tertiary/aromatic N) is 3. The SMILES string of the molecule is O=C(NCCn1ccnn1)c1cccc(C#CCCO)c1. The summed E-state index contributed by atoms with van der Waals surface area (Å²) >= 11 is 0. The molecule has 0 spiro atoms. The Balaban J connectivity index is 1.90. The average molecular weight is 284 g/mol. The second-order valence-corrected chi connectivity index (χ2v) is 4.28. The Morgan fingerprint density at radius 3 is 3.10 bits per heavy atom. The number of aromatic nitrogens is 3. The van der Waals surface area contributed by atoms with E-state index in [0.29, 0.717) is 25.1 Å². The van der Waals surface area contributed by atoms with Crippen molar-refractivity contribution in [3.63, 3.8) is 0 Å². The third kappa shape index (κ3) is 4.75. The van der Waals surface area contributed by atoms with Gasteiger partial charge in [-0.15, -0.1) is 5.10 Å². The van der Waals surface area contributed by atoms with E-state index < -0.39 is 0 Å². The van der Waals surface area contributed by atoms with Crippen molar-refractivity contribution in [1.29, 1.82) is 0 Å². The van der Waals surface area contributed by atoms with Crippen LogP contribution in [-0.4, -0.2) is 39.2 Å². The highest BCUT2D eigenvalue weighted by Gasteiger charge is 2.05. The molecule has 0 saturated carbocycles. The lowest BCUT2D eigenvalue weighted by atomic mass is 10.1. The van der Waals surface area contributed by atoms with Crippen molar-refractivity contribution in [2.75, 3.05) is 13.2 Å². The molecule has 1 aromatic carbocycles. The first-order valence-electron chi connectivity index (χ1n) is 6.61. The largest absolute Gasteiger partial charge is 0.395 e. The zero-order chi connectivity index (χ0) is 14.9. The number of aliphatic hydroxyl groups is 1. The molecular formula is C15H16N4O2. The third-order valence-electron chi connectivity index (χ3n) is 2.69. The molecule has 6 heteroatoms. The van der Waals surface area contributed by atoms with E-state index in [1.54, 1.807) is 35.3 Å². The van der Waals surface area contributed by atoms with E-state index in [1.165, 1.54) is 0 Å². The summed E-state index contributed by atoms with van der Waals surface area (Å²) in [5.74, 6) is 5.58. The number of amides is 1. The number of hydrogen-bond donors (Lipinski definition) is 2. The van der Waals surface area contributed by atoms with Gasteiger partial charge in [0, 0.05) is 30.3 Å². The number of nitrogens with one attached hydrogen (secondary N) is 1. The van der Waals surface area contributed by atoms with Crippen LogP contribution >= 0.6 is 0 Å². The quantitative estimate of drug-likeness (QED) is 0.781. The average Bonchev–Trinajstić information content (AvgIpc) is 3.01. The predicted octanol–water partition coefficient (Wildman–Crippen LogP) is 0.442. The van der Waals surface area contributed by atoms with E-state index in [4.69, 9.17) is 5.11 Å². The van der Waals surface area contributed by atoms with E-state index in [-0.39, 0.29) is 12.5 Å². The summed E-state index contributed by atoms with van der Waals surface area (Å²) in [6, 6.07) is 7.09. The number of carbonyl (C=O) groups excluding carboxylic acids is 1. The molecule has 6 nitrogen and oxygen atoms in total. The number of carbonyl (C=O) groups is 1. The smallest absolute Gasteiger partial charge is 0.251 e. The van der Waals surface area contributed by atoms with Crippen LogP contribution < -0.4 is 5.32 Å². The Kier molecular flexibility index (Phi) is 5.50. The zero-order valence-electron chi connectivity index (χ0n) is 11.5. The minimum absolute atomic E-state index is 0.0372. The maximum absolute atomic E-state index is 12.0. The summed E-state index contributed by atoms with van der Waals surface area (Å²) in [5, 5.41) is 19.0. The van der Waals surface area contributed by atoms with Gasteiger partial charge in [0.2, 0.25) is 0 Å². The highest BCUT2D eigenvalue weighted by molar-refractivity contribution is 5.94. The van der Waals surface area contributed by atoms with E-state index >= 15 is 0 Å². The van der Waals surface area contributed by atoms with Crippen LogP contribution in [0.2, 0.25) is 0 Å². The Bertz CT molecular complexity index is 641. The molecular weight excluding hydrogens is 268 g/mol. The van der Waals surface area contributed by atoms with Gasteiger partial charge in [0.1, 0.15) is 0 Å². The van der Waals surface area contributed by atoms with Gasteiger partial charge in [-0.3, -0.25) is 9.48 Å². The first-order chi connectivity index (χ1) is 10.3. The maximum atomic E-state index is 12.0. The molecule has 0 aliphatic heterocycles. The zero-order valence-corrected chi connectivity index (χ0v) is 11.5. The van der Waals surface area contributed by atoms with Crippen molar-refractivity contribution in [3.05, 3.63) is 47.8 Å². The van der Waals surface area contributed by atoms with Crippen LogP contribution in [0.3, 0.4) is 0 Å². The highest BCUT2D eigenvalue weighted by atomic mass is 16.2. The van der Waals surface area contributed by atoms with Crippen LogP contribution in [0.15, 0.2) is 36.7 Å². The lowest BCUT2D eigenvalue weighted by molar-refractivity contribution is 0.0952. The third-order valence-corrected chi connectivity index (χ3v) is 2.69. The molecule has 0 radical (unpaired) electrons. The molecule has 1 aromatic heterocycles. The van der Waals surface area contributed by atoms with Crippen molar-refractivity contribution in [2.45, 2.75) is 13.0 Å². The van der Waals surface area contributed by atoms with Crippen molar-refractivity contribution < 1.29 is 9.90 Å². The molecule has 2 aromatic rings. The van der Waals surface area contributed by atoms with Gasteiger partial charge in [-0.25, -0.2) is 0 Å². The summed E-state index contributed by atoms with van der Waals surface area (Å²) in [6.45, 7) is 1.08. The molecule has 108 valence electrons. The molecule has 2 N–H and O–H groups in total. The lowest BCUT2D eigenvalue weighted by Crippen LogP contribution is -2.27. The molecule has 0 bridgehead atoms. The fourth-order valence-electron chi connectivity index (χ4n) is 1.70. The van der Waals surface area contributed by atoms with Crippen molar-refractivity contribution in [1.82, 2.24) is 20.3 Å². The standard InChI is InChI=1S/C15H16N4O2/c20-11-2-1-4-13-5-3-6-14(12-13)15(21)16-7-9-19-10-8-17-18-19/h3,5-6,8,10,12,20H,2,7,9,11H2,(H,16,21). The Morgan fingerprint density at radius 1 is 1.43 bits per heavy atom. The minimum Gasteiger partial charge on any atom is -0.395 e. The molecule has 0 aliphatic rings. The first kappa shape index (κ1) is 14.8. The second kappa shape index (κ2) is 7.82. The molecule has 0 atom stereocenters. The number of rotatable bonds is 5. The van der Waals surface area contributed by atoms with Gasteiger partial charge >= 0.3 is 0 Å². The van der Waals surface area contributed by atoms with E-state index in [1.807, 2.05) is 6.07 Å². The summed E-state index contributed by atoms with van der Waals surface area (Å²) in [5.41, 5.74) is 1.32. The van der Waals surface area contributed by atoms with Gasteiger partial charge in [-0.2, -0.15) is 0 Å². The lowest BCUT2D eigenvalue weighted by Gasteiger charge is -2.05. The molecule has 2 rings (SSSR count). The molecule has 1 amide bonds. The van der Waals surface area contributed by atoms with Crippen LogP contribution in [0.1, 0.15) is 22.3 Å². The van der Waals surface area contributed by atoms with Crippen LogP contribution in [0, 0.1) is 11.8 Å². The van der Waals surface area contributed by atoms with Crippen LogP contribution in [0.4, 0.5) is 0 Å². The topological polar surface area (TPSA) is 80.0 Å². The number of hydrogen-bond acceptors (Lipinski definition) is 4. The minimum atomic E-state index is -0.152. The summed E-state index contributed by atoms with van der Waals surface area (Å²) in [6.07, 6.45) is 3.76. The van der Waals surface area contributed by atoms with Crippen molar-refractivity contribution in [2.24, 2.45) is 0 Å². The van der Waals surface area contributed by atoms with E-state index in [2.05, 4.69) is 27.5 Å². The van der Waals surface area contributed by atoms with Crippen LogP contribution in [0.5, 0.6) is 0 Å². The molecule has 0 unspecified atom stereocenters. The van der Waals surface area contributed by atoms with Gasteiger partial charge in [0.05, 0.1) is 19.3 Å². The van der Waals surface area contributed by atoms with Crippen LogP contribution in [0.25, 0.3) is 0 Å².